The SMILES string of the molecule is NC(=O)CCC(N)c1ccc2c(c1)OCCCO2. The first-order valence-electron chi connectivity index (χ1n) is 6.10. The van der Waals surface area contributed by atoms with Crippen molar-refractivity contribution in [3.8, 4) is 11.5 Å². The summed E-state index contributed by atoms with van der Waals surface area (Å²) in [5.74, 6) is 1.14. The molecular weight excluding hydrogens is 232 g/mol. The maximum Gasteiger partial charge on any atom is 0.217 e. The summed E-state index contributed by atoms with van der Waals surface area (Å²) in [6.45, 7) is 1.31. The molecule has 0 bridgehead atoms. The highest BCUT2D eigenvalue weighted by Gasteiger charge is 2.14. The zero-order chi connectivity index (χ0) is 13.0. The van der Waals surface area contributed by atoms with Gasteiger partial charge in [-0.1, -0.05) is 6.07 Å². The number of carbonyl (C=O) groups excluding carboxylic acids is 1. The molecule has 1 aliphatic rings. The lowest BCUT2D eigenvalue weighted by Crippen LogP contribution is -2.16. The maximum atomic E-state index is 10.7. The van der Waals surface area contributed by atoms with Gasteiger partial charge in [-0.05, 0) is 24.1 Å². The molecule has 0 spiro atoms. The van der Waals surface area contributed by atoms with Crippen LogP contribution in [-0.2, 0) is 4.79 Å². The Hall–Kier alpha value is -1.75. The minimum atomic E-state index is -0.334. The fourth-order valence-electron chi connectivity index (χ4n) is 1.87. The summed E-state index contributed by atoms with van der Waals surface area (Å²) in [7, 11) is 0. The number of carbonyl (C=O) groups is 1. The number of hydrogen-bond acceptors (Lipinski definition) is 4. The molecule has 0 fully saturated rings. The molecule has 18 heavy (non-hydrogen) atoms. The van der Waals surface area contributed by atoms with Crippen molar-refractivity contribution >= 4 is 5.91 Å². The highest BCUT2D eigenvalue weighted by Crippen LogP contribution is 2.32. The predicted octanol–water partition coefficient (Wildman–Crippen LogP) is 1.11. The molecule has 5 heteroatoms. The number of rotatable bonds is 4. The molecule has 0 radical (unpaired) electrons. The van der Waals surface area contributed by atoms with Crippen LogP contribution in [0, 0.1) is 0 Å². The maximum absolute atomic E-state index is 10.7. The second-order valence-corrected chi connectivity index (χ2v) is 4.37. The number of fused-ring (bicyclic) bond motifs is 1. The Morgan fingerprint density at radius 2 is 2.00 bits per heavy atom. The predicted molar refractivity (Wildman–Crippen MR) is 67.4 cm³/mol. The molecule has 1 aliphatic heterocycles. The van der Waals surface area contributed by atoms with Gasteiger partial charge >= 0.3 is 0 Å². The van der Waals surface area contributed by atoms with E-state index in [1.807, 2.05) is 18.2 Å². The van der Waals surface area contributed by atoms with Gasteiger partial charge in [0.2, 0.25) is 5.91 Å². The molecule has 4 N–H and O–H groups in total. The van der Waals surface area contributed by atoms with Gasteiger partial charge in [-0.25, -0.2) is 0 Å². The van der Waals surface area contributed by atoms with E-state index in [0.717, 1.165) is 23.5 Å². The molecule has 5 nitrogen and oxygen atoms in total. The van der Waals surface area contributed by atoms with E-state index < -0.39 is 0 Å². The summed E-state index contributed by atoms with van der Waals surface area (Å²) in [5, 5.41) is 0. The zero-order valence-corrected chi connectivity index (χ0v) is 10.2. The average Bonchev–Trinajstić information content (AvgIpc) is 2.60. The first-order chi connectivity index (χ1) is 8.66. The molecule has 1 aromatic carbocycles. The molecule has 1 unspecified atom stereocenters. The monoisotopic (exact) mass is 250 g/mol. The lowest BCUT2D eigenvalue weighted by molar-refractivity contribution is -0.118. The van der Waals surface area contributed by atoms with Crippen LogP contribution in [0.25, 0.3) is 0 Å². The summed E-state index contributed by atoms with van der Waals surface area (Å²) in [4.78, 5) is 10.7. The Bertz CT molecular complexity index is 434. The lowest BCUT2D eigenvalue weighted by Gasteiger charge is -2.14. The van der Waals surface area contributed by atoms with Crippen molar-refractivity contribution in [1.29, 1.82) is 0 Å². The molecule has 1 aromatic rings. The van der Waals surface area contributed by atoms with E-state index in [1.54, 1.807) is 0 Å². The smallest absolute Gasteiger partial charge is 0.217 e. The second-order valence-electron chi connectivity index (χ2n) is 4.37. The van der Waals surface area contributed by atoms with Gasteiger partial charge in [0.25, 0.3) is 0 Å². The van der Waals surface area contributed by atoms with Crippen LogP contribution < -0.4 is 20.9 Å². The third-order valence-electron chi connectivity index (χ3n) is 2.90. The van der Waals surface area contributed by atoms with E-state index in [9.17, 15) is 4.79 Å². The molecule has 0 saturated carbocycles. The second kappa shape index (κ2) is 5.73. The average molecular weight is 250 g/mol. The quantitative estimate of drug-likeness (QED) is 0.838. The molecule has 2 rings (SSSR count). The van der Waals surface area contributed by atoms with Crippen molar-refractivity contribution < 1.29 is 14.3 Å². The van der Waals surface area contributed by atoms with Gasteiger partial charge < -0.3 is 20.9 Å². The van der Waals surface area contributed by atoms with E-state index in [0.29, 0.717) is 19.6 Å². The van der Waals surface area contributed by atoms with Crippen molar-refractivity contribution in [2.45, 2.75) is 25.3 Å². The fraction of sp³-hybridized carbons (Fsp3) is 0.462. The summed E-state index contributed by atoms with van der Waals surface area (Å²) >= 11 is 0. The van der Waals surface area contributed by atoms with Crippen molar-refractivity contribution in [2.24, 2.45) is 11.5 Å². The first kappa shape index (κ1) is 12.7. The highest BCUT2D eigenvalue weighted by molar-refractivity contribution is 5.73. The van der Waals surface area contributed by atoms with Crippen LogP contribution in [0.4, 0.5) is 0 Å². The largest absolute Gasteiger partial charge is 0.490 e. The van der Waals surface area contributed by atoms with Gasteiger partial charge in [-0.2, -0.15) is 0 Å². The molecule has 0 aliphatic carbocycles. The number of primary amides is 1. The van der Waals surface area contributed by atoms with E-state index in [4.69, 9.17) is 20.9 Å². The van der Waals surface area contributed by atoms with Crippen LogP contribution in [-0.4, -0.2) is 19.1 Å². The third-order valence-corrected chi connectivity index (χ3v) is 2.90. The third kappa shape index (κ3) is 3.13. The topological polar surface area (TPSA) is 87.6 Å². The van der Waals surface area contributed by atoms with Crippen LogP contribution in [0.2, 0.25) is 0 Å². The Labute approximate surface area is 106 Å². The van der Waals surface area contributed by atoms with Crippen LogP contribution in [0.15, 0.2) is 18.2 Å². The van der Waals surface area contributed by atoms with Gasteiger partial charge in [0, 0.05) is 18.9 Å². The standard InChI is InChI=1S/C13H18N2O3/c14-10(3-5-13(15)16)9-2-4-11-12(8-9)18-7-1-6-17-11/h2,4,8,10H,1,3,5-7,14H2,(H2,15,16). The fourth-order valence-corrected chi connectivity index (χ4v) is 1.87. The Balaban J connectivity index is 2.09. The Kier molecular flexibility index (Phi) is 4.04. The number of benzene rings is 1. The van der Waals surface area contributed by atoms with Gasteiger partial charge in [-0.3, -0.25) is 4.79 Å². The van der Waals surface area contributed by atoms with E-state index >= 15 is 0 Å². The summed E-state index contributed by atoms with van der Waals surface area (Å²) < 4.78 is 11.1. The minimum absolute atomic E-state index is 0.213. The van der Waals surface area contributed by atoms with Gasteiger partial charge in [0.1, 0.15) is 0 Å². The van der Waals surface area contributed by atoms with Crippen LogP contribution in [0.5, 0.6) is 11.5 Å². The van der Waals surface area contributed by atoms with Crippen LogP contribution in [0.3, 0.4) is 0 Å². The molecule has 1 amide bonds. The molecule has 0 saturated heterocycles. The summed E-state index contributed by atoms with van der Waals surface area (Å²) in [6, 6.07) is 5.43. The molecule has 0 aromatic heterocycles. The minimum Gasteiger partial charge on any atom is -0.490 e. The van der Waals surface area contributed by atoms with Crippen LogP contribution in [0.1, 0.15) is 30.9 Å². The molecule has 1 atom stereocenters. The number of amides is 1. The number of nitrogens with two attached hydrogens (primary N) is 2. The van der Waals surface area contributed by atoms with E-state index in [-0.39, 0.29) is 18.4 Å². The molecule has 1 heterocycles. The van der Waals surface area contributed by atoms with Crippen molar-refractivity contribution in [3.63, 3.8) is 0 Å². The van der Waals surface area contributed by atoms with Crippen LogP contribution >= 0.6 is 0 Å². The van der Waals surface area contributed by atoms with Gasteiger partial charge in [0.15, 0.2) is 11.5 Å². The number of ether oxygens (including phenoxy) is 2. The van der Waals surface area contributed by atoms with E-state index in [1.165, 1.54) is 0 Å². The normalized spacial score (nSPS) is 15.8. The summed E-state index contributed by atoms with van der Waals surface area (Å²) in [5.41, 5.74) is 12.1. The van der Waals surface area contributed by atoms with Crippen molar-refractivity contribution in [1.82, 2.24) is 0 Å². The summed E-state index contributed by atoms with van der Waals surface area (Å²) in [6.07, 6.45) is 1.70. The molecule has 98 valence electrons. The van der Waals surface area contributed by atoms with Gasteiger partial charge in [-0.15, -0.1) is 0 Å². The van der Waals surface area contributed by atoms with Crippen molar-refractivity contribution in [3.05, 3.63) is 23.8 Å². The number of hydrogen-bond donors (Lipinski definition) is 2. The lowest BCUT2D eigenvalue weighted by atomic mass is 10.0. The Morgan fingerprint density at radius 3 is 2.72 bits per heavy atom. The zero-order valence-electron chi connectivity index (χ0n) is 10.2. The first-order valence-corrected chi connectivity index (χ1v) is 6.10. The van der Waals surface area contributed by atoms with Gasteiger partial charge in [0.05, 0.1) is 13.2 Å². The van der Waals surface area contributed by atoms with E-state index in [2.05, 4.69) is 0 Å². The molecular formula is C13H18N2O3. The Morgan fingerprint density at radius 1 is 1.28 bits per heavy atom. The highest BCUT2D eigenvalue weighted by atomic mass is 16.5. The van der Waals surface area contributed by atoms with Crippen molar-refractivity contribution in [2.75, 3.05) is 13.2 Å².